The molecule has 1 atom stereocenters. The Kier molecular flexibility index (Phi) is 8.78. The molecule has 9 heteroatoms. The standard InChI is InChI=1S/C32H29Cl2N3O3S/c1-4-36(5-2)31(39)28-20(3)35-32-37(29(28)22-13-15-24(33)16-14-22)30(38)27(41-32)18-21-9-8-11-25(17-21)40-19-23-10-6-7-12-26(23)34/h6-18,29H,4-5,19H2,1-3H3/b27-18+/t29-/m1/s1. The van der Waals surface area contributed by atoms with E-state index >= 15 is 0 Å². The van der Waals surface area contributed by atoms with Crippen molar-refractivity contribution in [2.45, 2.75) is 33.4 Å². The van der Waals surface area contributed by atoms with Crippen molar-refractivity contribution in [3.8, 4) is 5.75 Å². The Hall–Kier alpha value is -3.65. The lowest BCUT2D eigenvalue weighted by Crippen LogP contribution is -2.43. The topological polar surface area (TPSA) is 63.9 Å². The van der Waals surface area contributed by atoms with Crippen molar-refractivity contribution in [2.24, 2.45) is 4.99 Å². The number of halogens is 2. The van der Waals surface area contributed by atoms with Crippen LogP contribution in [-0.2, 0) is 11.4 Å². The highest BCUT2D eigenvalue weighted by Gasteiger charge is 2.34. The van der Waals surface area contributed by atoms with Crippen LogP contribution in [0.2, 0.25) is 10.0 Å². The molecule has 0 fully saturated rings. The summed E-state index contributed by atoms with van der Waals surface area (Å²) in [5.74, 6) is 0.530. The Balaban J connectivity index is 1.56. The van der Waals surface area contributed by atoms with Crippen molar-refractivity contribution in [1.29, 1.82) is 0 Å². The molecule has 0 spiro atoms. The molecule has 1 amide bonds. The highest BCUT2D eigenvalue weighted by Crippen LogP contribution is 2.32. The maximum atomic E-state index is 13.9. The second-order valence-electron chi connectivity index (χ2n) is 9.56. The SMILES string of the molecule is CCN(CC)C(=O)C1=C(C)N=c2s/c(=C/c3cccc(OCc4ccccc4Cl)c3)c(=O)n2[C@@H]1c1ccc(Cl)cc1. The van der Waals surface area contributed by atoms with Crippen LogP contribution in [0, 0.1) is 0 Å². The van der Waals surface area contributed by atoms with Gasteiger partial charge in [-0.2, -0.15) is 0 Å². The van der Waals surface area contributed by atoms with Gasteiger partial charge in [-0.15, -0.1) is 0 Å². The normalized spacial score (nSPS) is 15.0. The Morgan fingerprint density at radius 1 is 1.05 bits per heavy atom. The Morgan fingerprint density at radius 2 is 1.78 bits per heavy atom. The molecule has 0 N–H and O–H groups in total. The Bertz CT molecular complexity index is 1800. The largest absolute Gasteiger partial charge is 0.489 e. The number of nitrogens with zero attached hydrogens (tertiary/aromatic N) is 3. The number of benzene rings is 3. The molecule has 3 aromatic carbocycles. The maximum Gasteiger partial charge on any atom is 0.271 e. The average molecular weight is 607 g/mol. The van der Waals surface area contributed by atoms with Crippen LogP contribution >= 0.6 is 34.5 Å². The van der Waals surface area contributed by atoms with Crippen LogP contribution in [0.25, 0.3) is 6.08 Å². The predicted molar refractivity (Wildman–Crippen MR) is 165 cm³/mol. The van der Waals surface area contributed by atoms with Crippen LogP contribution in [0.1, 0.15) is 43.5 Å². The molecule has 0 saturated heterocycles. The molecule has 0 unspecified atom stereocenters. The molecule has 1 aliphatic rings. The number of rotatable bonds is 8. The molecule has 2 heterocycles. The summed E-state index contributed by atoms with van der Waals surface area (Å²) >= 11 is 13.8. The lowest BCUT2D eigenvalue weighted by atomic mass is 9.94. The van der Waals surface area contributed by atoms with Gasteiger partial charge in [0.15, 0.2) is 4.80 Å². The summed E-state index contributed by atoms with van der Waals surface area (Å²) in [6.07, 6.45) is 1.83. The third-order valence-electron chi connectivity index (χ3n) is 7.00. The zero-order valence-corrected chi connectivity index (χ0v) is 25.3. The summed E-state index contributed by atoms with van der Waals surface area (Å²) in [7, 11) is 0. The van der Waals surface area contributed by atoms with Crippen molar-refractivity contribution in [3.63, 3.8) is 0 Å². The summed E-state index contributed by atoms with van der Waals surface area (Å²) in [5.41, 5.74) is 3.37. The molecule has 0 saturated carbocycles. The highest BCUT2D eigenvalue weighted by molar-refractivity contribution is 7.07. The van der Waals surface area contributed by atoms with Gasteiger partial charge in [0.25, 0.3) is 11.5 Å². The van der Waals surface area contributed by atoms with Crippen molar-refractivity contribution >= 4 is 46.5 Å². The predicted octanol–water partition coefficient (Wildman–Crippen LogP) is 5.99. The Labute approximate surface area is 252 Å². The third-order valence-corrected chi connectivity index (χ3v) is 8.60. The molecule has 0 aliphatic carbocycles. The van der Waals surface area contributed by atoms with Gasteiger partial charge in [-0.1, -0.05) is 77.0 Å². The molecule has 0 radical (unpaired) electrons. The van der Waals surface area contributed by atoms with Gasteiger partial charge < -0.3 is 9.64 Å². The van der Waals surface area contributed by atoms with Gasteiger partial charge in [-0.25, -0.2) is 4.99 Å². The minimum Gasteiger partial charge on any atom is -0.489 e. The number of aromatic nitrogens is 1. The highest BCUT2D eigenvalue weighted by atomic mass is 35.5. The van der Waals surface area contributed by atoms with Gasteiger partial charge in [0.05, 0.1) is 21.8 Å². The van der Waals surface area contributed by atoms with E-state index in [2.05, 4.69) is 0 Å². The van der Waals surface area contributed by atoms with Gasteiger partial charge in [0.2, 0.25) is 0 Å². The molecule has 210 valence electrons. The van der Waals surface area contributed by atoms with Crippen LogP contribution in [0.5, 0.6) is 5.75 Å². The van der Waals surface area contributed by atoms with Crippen LogP contribution in [-0.4, -0.2) is 28.5 Å². The number of amides is 1. The summed E-state index contributed by atoms with van der Waals surface area (Å²) < 4.78 is 8.12. The van der Waals surface area contributed by atoms with Gasteiger partial charge in [-0.05, 0) is 68.3 Å². The van der Waals surface area contributed by atoms with Gasteiger partial charge in [-0.3, -0.25) is 14.2 Å². The zero-order valence-electron chi connectivity index (χ0n) is 22.9. The summed E-state index contributed by atoms with van der Waals surface area (Å²) in [4.78, 5) is 34.7. The van der Waals surface area contributed by atoms with E-state index in [9.17, 15) is 9.59 Å². The summed E-state index contributed by atoms with van der Waals surface area (Å²) in [5, 5.41) is 1.23. The number of allylic oxidation sites excluding steroid dienone is 1. The smallest absolute Gasteiger partial charge is 0.271 e. The van der Waals surface area contributed by atoms with Gasteiger partial charge in [0, 0.05) is 28.7 Å². The first-order valence-corrected chi connectivity index (χ1v) is 14.9. The van der Waals surface area contributed by atoms with Crippen molar-refractivity contribution in [1.82, 2.24) is 9.47 Å². The van der Waals surface area contributed by atoms with E-state index in [1.54, 1.807) is 21.6 Å². The van der Waals surface area contributed by atoms with Crippen molar-refractivity contribution in [2.75, 3.05) is 13.1 Å². The number of likely N-dealkylation sites (N-methyl/N-ethyl adjacent to an activating group) is 1. The fraction of sp³-hybridized carbons (Fsp3) is 0.219. The number of fused-ring (bicyclic) bond motifs is 1. The molecule has 41 heavy (non-hydrogen) atoms. The molecule has 0 bridgehead atoms. The van der Waals surface area contributed by atoms with E-state index in [-0.39, 0.29) is 11.5 Å². The molecular weight excluding hydrogens is 577 g/mol. The van der Waals surface area contributed by atoms with E-state index in [0.29, 0.717) is 56.1 Å². The third kappa shape index (κ3) is 6.03. The fourth-order valence-electron chi connectivity index (χ4n) is 4.86. The minimum atomic E-state index is -0.621. The number of hydrogen-bond donors (Lipinski definition) is 0. The lowest BCUT2D eigenvalue weighted by molar-refractivity contribution is -0.127. The molecule has 5 rings (SSSR count). The van der Waals surface area contributed by atoms with E-state index in [1.165, 1.54) is 11.3 Å². The molecule has 6 nitrogen and oxygen atoms in total. The van der Waals surface area contributed by atoms with Crippen LogP contribution < -0.4 is 19.6 Å². The zero-order chi connectivity index (χ0) is 29.1. The quantitative estimate of drug-likeness (QED) is 0.248. The second-order valence-corrected chi connectivity index (χ2v) is 11.4. The summed E-state index contributed by atoms with van der Waals surface area (Å²) in [6.45, 7) is 7.15. The van der Waals surface area contributed by atoms with Crippen LogP contribution in [0.4, 0.5) is 0 Å². The Morgan fingerprint density at radius 3 is 2.49 bits per heavy atom. The first-order chi connectivity index (χ1) is 19.8. The van der Waals surface area contributed by atoms with Crippen LogP contribution in [0.3, 0.4) is 0 Å². The average Bonchev–Trinajstić information content (AvgIpc) is 3.27. The molecular formula is C32H29Cl2N3O3S. The monoisotopic (exact) mass is 605 g/mol. The summed E-state index contributed by atoms with van der Waals surface area (Å²) in [6, 6.07) is 21.7. The first kappa shape index (κ1) is 28.9. The second kappa shape index (κ2) is 12.5. The van der Waals surface area contributed by atoms with Gasteiger partial charge >= 0.3 is 0 Å². The number of thiazole rings is 1. The first-order valence-electron chi connectivity index (χ1n) is 13.3. The fourth-order valence-corrected chi connectivity index (χ4v) is 6.22. The molecule has 4 aromatic rings. The lowest BCUT2D eigenvalue weighted by Gasteiger charge is -2.29. The van der Waals surface area contributed by atoms with Crippen molar-refractivity contribution in [3.05, 3.63) is 130 Å². The van der Waals surface area contributed by atoms with Crippen molar-refractivity contribution < 1.29 is 9.53 Å². The molecule has 1 aromatic heterocycles. The number of ether oxygens (including phenoxy) is 1. The van der Waals surface area contributed by atoms with E-state index in [4.69, 9.17) is 32.9 Å². The maximum absolute atomic E-state index is 13.9. The van der Waals surface area contributed by atoms with E-state index < -0.39 is 6.04 Å². The molecule has 1 aliphatic heterocycles. The number of carbonyl (C=O) groups is 1. The number of carbonyl (C=O) groups excluding carboxylic acids is 1. The number of hydrogen-bond acceptors (Lipinski definition) is 5. The van der Waals surface area contributed by atoms with Crippen LogP contribution in [0.15, 0.2) is 93.9 Å². The minimum absolute atomic E-state index is 0.131. The van der Waals surface area contributed by atoms with E-state index in [1.807, 2.05) is 87.5 Å². The van der Waals surface area contributed by atoms with Gasteiger partial charge in [0.1, 0.15) is 12.4 Å². The van der Waals surface area contributed by atoms with E-state index in [0.717, 1.165) is 16.7 Å².